The molecule has 2 aromatic rings. The van der Waals surface area contributed by atoms with Gasteiger partial charge in [0.25, 0.3) is 5.91 Å². The Morgan fingerprint density at radius 1 is 1.10 bits per heavy atom. The van der Waals surface area contributed by atoms with E-state index in [-0.39, 0.29) is 23.5 Å². The summed E-state index contributed by atoms with van der Waals surface area (Å²) in [6.45, 7) is 1.25. The van der Waals surface area contributed by atoms with E-state index in [9.17, 15) is 13.2 Å². The molecule has 0 spiro atoms. The molecule has 10 heteroatoms. The topological polar surface area (TPSA) is 94.2 Å². The van der Waals surface area contributed by atoms with Crippen LogP contribution in [0.4, 0.5) is 5.69 Å². The number of rotatable bonds is 6. The number of carbonyl (C=O) groups excluding carboxylic acids is 1. The van der Waals surface area contributed by atoms with Crippen molar-refractivity contribution in [2.24, 2.45) is 0 Å². The lowest BCUT2D eigenvalue weighted by Gasteiger charge is -2.26. The Labute approximate surface area is 174 Å². The Kier molecular flexibility index (Phi) is 6.63. The summed E-state index contributed by atoms with van der Waals surface area (Å²) in [5, 5.41) is 3.04. The third kappa shape index (κ3) is 4.64. The molecule has 29 heavy (non-hydrogen) atoms. The number of hydrogen-bond acceptors (Lipinski definition) is 6. The summed E-state index contributed by atoms with van der Waals surface area (Å²) in [5.41, 5.74) is 0.537. The molecule has 8 nitrogen and oxygen atoms in total. The van der Waals surface area contributed by atoms with Crippen LogP contribution < -0.4 is 14.8 Å². The zero-order valence-electron chi connectivity index (χ0n) is 16.0. The smallest absolute Gasteiger partial charge is 0.255 e. The van der Waals surface area contributed by atoms with Crippen LogP contribution >= 0.6 is 11.6 Å². The average molecular weight is 441 g/mol. The summed E-state index contributed by atoms with van der Waals surface area (Å²) in [6.07, 6.45) is 0. The predicted molar refractivity (Wildman–Crippen MR) is 109 cm³/mol. The van der Waals surface area contributed by atoms with Gasteiger partial charge in [-0.3, -0.25) is 4.79 Å². The monoisotopic (exact) mass is 440 g/mol. The highest BCUT2D eigenvalue weighted by molar-refractivity contribution is 7.89. The van der Waals surface area contributed by atoms with Gasteiger partial charge in [-0.05, 0) is 18.2 Å². The summed E-state index contributed by atoms with van der Waals surface area (Å²) < 4.78 is 42.6. The van der Waals surface area contributed by atoms with Crippen LogP contribution in [0.1, 0.15) is 10.4 Å². The molecule has 1 fully saturated rings. The van der Waals surface area contributed by atoms with Crippen molar-refractivity contribution in [1.82, 2.24) is 4.31 Å². The van der Waals surface area contributed by atoms with Gasteiger partial charge in [-0.1, -0.05) is 17.7 Å². The SMILES string of the molecule is COc1cc(NC(=O)c2cccc(S(=O)(=O)N3CCOCC3)c2)c(OC)cc1Cl. The number of amides is 1. The third-order valence-electron chi connectivity index (χ3n) is 4.43. The molecular formula is C19H21ClN2O6S. The van der Waals surface area contributed by atoms with E-state index in [1.165, 1.54) is 54.9 Å². The molecule has 1 saturated heterocycles. The zero-order valence-corrected chi connectivity index (χ0v) is 17.5. The molecule has 0 unspecified atom stereocenters. The van der Waals surface area contributed by atoms with E-state index in [1.54, 1.807) is 0 Å². The van der Waals surface area contributed by atoms with Crippen LogP contribution in [0.2, 0.25) is 5.02 Å². The first-order valence-corrected chi connectivity index (χ1v) is 10.6. The first-order valence-electron chi connectivity index (χ1n) is 8.77. The molecule has 1 N–H and O–H groups in total. The minimum absolute atomic E-state index is 0.0488. The van der Waals surface area contributed by atoms with Gasteiger partial charge in [-0.15, -0.1) is 0 Å². The average Bonchev–Trinajstić information content (AvgIpc) is 2.75. The quantitative estimate of drug-likeness (QED) is 0.742. The number of morpholine rings is 1. The Balaban J connectivity index is 1.87. The van der Waals surface area contributed by atoms with E-state index in [1.807, 2.05) is 0 Å². The van der Waals surface area contributed by atoms with Crippen molar-refractivity contribution in [3.05, 3.63) is 47.0 Å². The fraction of sp³-hybridized carbons (Fsp3) is 0.316. The van der Waals surface area contributed by atoms with E-state index in [0.717, 1.165) is 0 Å². The number of anilines is 1. The Morgan fingerprint density at radius 3 is 2.45 bits per heavy atom. The fourth-order valence-corrected chi connectivity index (χ4v) is 4.57. The van der Waals surface area contributed by atoms with Crippen molar-refractivity contribution < 1.29 is 27.4 Å². The van der Waals surface area contributed by atoms with Gasteiger partial charge in [0, 0.05) is 30.8 Å². The maximum Gasteiger partial charge on any atom is 0.255 e. The highest BCUT2D eigenvalue weighted by atomic mass is 35.5. The van der Waals surface area contributed by atoms with Crippen molar-refractivity contribution in [3.63, 3.8) is 0 Å². The van der Waals surface area contributed by atoms with Gasteiger partial charge in [0.1, 0.15) is 11.5 Å². The molecule has 0 aromatic heterocycles. The highest BCUT2D eigenvalue weighted by Gasteiger charge is 2.27. The maximum atomic E-state index is 12.8. The molecule has 1 aliphatic rings. The van der Waals surface area contributed by atoms with Gasteiger partial charge in [-0.2, -0.15) is 4.31 Å². The van der Waals surface area contributed by atoms with Crippen LogP contribution in [-0.4, -0.2) is 59.2 Å². The van der Waals surface area contributed by atoms with Gasteiger partial charge in [0.15, 0.2) is 0 Å². The van der Waals surface area contributed by atoms with E-state index in [2.05, 4.69) is 5.32 Å². The van der Waals surface area contributed by atoms with Gasteiger partial charge in [0.05, 0.1) is 43.0 Å². The summed E-state index contributed by atoms with van der Waals surface area (Å²) in [7, 11) is -0.803. The number of hydrogen-bond donors (Lipinski definition) is 1. The summed E-state index contributed by atoms with van der Waals surface area (Å²) >= 11 is 6.08. The van der Waals surface area contributed by atoms with Gasteiger partial charge in [0.2, 0.25) is 10.0 Å². The first kappa shape index (κ1) is 21.4. The highest BCUT2D eigenvalue weighted by Crippen LogP contribution is 2.36. The number of methoxy groups -OCH3 is 2. The number of halogens is 1. The number of carbonyl (C=O) groups is 1. The molecule has 0 saturated carbocycles. The molecule has 0 aliphatic carbocycles. The second-order valence-corrected chi connectivity index (χ2v) is 8.53. The number of benzene rings is 2. The normalized spacial score (nSPS) is 15.0. The molecule has 0 atom stereocenters. The van der Waals surface area contributed by atoms with Gasteiger partial charge in [-0.25, -0.2) is 8.42 Å². The lowest BCUT2D eigenvalue weighted by Crippen LogP contribution is -2.40. The first-order chi connectivity index (χ1) is 13.9. The number of ether oxygens (including phenoxy) is 3. The summed E-state index contributed by atoms with van der Waals surface area (Å²) in [5.74, 6) is 0.222. The Hall–Kier alpha value is -2.33. The minimum atomic E-state index is -3.71. The van der Waals surface area contributed by atoms with Crippen LogP contribution in [0.5, 0.6) is 11.5 Å². The van der Waals surface area contributed by atoms with E-state index >= 15 is 0 Å². The van der Waals surface area contributed by atoms with Crippen molar-refractivity contribution in [2.75, 3.05) is 45.8 Å². The Bertz CT molecular complexity index is 1010. The van der Waals surface area contributed by atoms with Crippen molar-refractivity contribution in [3.8, 4) is 11.5 Å². The molecule has 2 aromatic carbocycles. The molecule has 0 bridgehead atoms. The molecule has 1 amide bonds. The molecule has 0 radical (unpaired) electrons. The van der Waals surface area contributed by atoms with Crippen LogP contribution in [-0.2, 0) is 14.8 Å². The number of nitrogens with zero attached hydrogens (tertiary/aromatic N) is 1. The van der Waals surface area contributed by atoms with Crippen molar-refractivity contribution >= 4 is 33.2 Å². The largest absolute Gasteiger partial charge is 0.495 e. The van der Waals surface area contributed by atoms with Gasteiger partial charge >= 0.3 is 0 Å². The molecule has 1 heterocycles. The van der Waals surface area contributed by atoms with Crippen LogP contribution in [0, 0.1) is 0 Å². The molecular weight excluding hydrogens is 420 g/mol. The second-order valence-electron chi connectivity index (χ2n) is 6.19. The predicted octanol–water partition coefficient (Wildman–Crippen LogP) is 2.63. The third-order valence-corrected chi connectivity index (χ3v) is 6.62. The summed E-state index contributed by atoms with van der Waals surface area (Å²) in [4.78, 5) is 12.8. The summed E-state index contributed by atoms with van der Waals surface area (Å²) in [6, 6.07) is 8.94. The fourth-order valence-electron chi connectivity index (χ4n) is 2.89. The van der Waals surface area contributed by atoms with Crippen molar-refractivity contribution in [1.29, 1.82) is 0 Å². The molecule has 156 valence electrons. The van der Waals surface area contributed by atoms with Crippen LogP contribution in [0.15, 0.2) is 41.3 Å². The van der Waals surface area contributed by atoms with Crippen molar-refractivity contribution in [2.45, 2.75) is 4.90 Å². The van der Waals surface area contributed by atoms with E-state index in [0.29, 0.717) is 35.4 Å². The lowest BCUT2D eigenvalue weighted by atomic mass is 10.2. The molecule has 3 rings (SSSR count). The Morgan fingerprint density at radius 2 is 1.79 bits per heavy atom. The minimum Gasteiger partial charge on any atom is -0.495 e. The van der Waals surface area contributed by atoms with E-state index < -0.39 is 15.9 Å². The number of nitrogens with one attached hydrogen (secondary N) is 1. The standard InChI is InChI=1S/C19H21ClN2O6S/c1-26-17-12-16(18(27-2)11-15(17)20)21-19(23)13-4-3-5-14(10-13)29(24,25)22-6-8-28-9-7-22/h3-5,10-12H,6-9H2,1-2H3,(H,21,23). The van der Waals surface area contributed by atoms with E-state index in [4.69, 9.17) is 25.8 Å². The van der Waals surface area contributed by atoms with Crippen LogP contribution in [0.25, 0.3) is 0 Å². The van der Waals surface area contributed by atoms with Crippen LogP contribution in [0.3, 0.4) is 0 Å². The van der Waals surface area contributed by atoms with Gasteiger partial charge < -0.3 is 19.5 Å². The maximum absolute atomic E-state index is 12.8. The second kappa shape index (κ2) is 9.00. The lowest BCUT2D eigenvalue weighted by molar-refractivity contribution is 0.0730. The number of sulfonamides is 1. The zero-order chi connectivity index (χ0) is 21.0. The molecule has 1 aliphatic heterocycles.